The lowest BCUT2D eigenvalue weighted by Gasteiger charge is -2.36. The maximum absolute atomic E-state index is 5.92. The van der Waals surface area contributed by atoms with Crippen molar-refractivity contribution >= 4 is 0 Å². The van der Waals surface area contributed by atoms with Crippen molar-refractivity contribution in [2.45, 2.75) is 65.0 Å². The second kappa shape index (κ2) is 5.53. The molecule has 112 valence electrons. The Bertz CT molecular complexity index is 456. The van der Waals surface area contributed by atoms with E-state index in [0.717, 1.165) is 31.8 Å². The average Bonchev–Trinajstić information content (AvgIpc) is 2.58. The van der Waals surface area contributed by atoms with Crippen LogP contribution >= 0.6 is 0 Å². The highest BCUT2D eigenvalue weighted by atomic mass is 16.5. The first-order valence-electron chi connectivity index (χ1n) is 7.96. The summed E-state index contributed by atoms with van der Waals surface area (Å²) in [5.41, 5.74) is 1.71. The summed E-state index contributed by atoms with van der Waals surface area (Å²) < 4.78 is 11.5. The van der Waals surface area contributed by atoms with E-state index in [1.54, 1.807) is 0 Å². The lowest BCUT2D eigenvalue weighted by molar-refractivity contribution is 0.141. The maximum Gasteiger partial charge on any atom is 0.109 e. The predicted molar refractivity (Wildman–Crippen MR) is 79.9 cm³/mol. The molecule has 0 radical (unpaired) electrons. The predicted octanol–water partition coefficient (Wildman–Crippen LogP) is 3.76. The summed E-state index contributed by atoms with van der Waals surface area (Å²) in [6, 6.07) is 3.25. The van der Waals surface area contributed by atoms with Crippen LogP contribution in [0.2, 0.25) is 0 Å². The summed E-state index contributed by atoms with van der Waals surface area (Å²) >= 11 is 0. The van der Waals surface area contributed by atoms with Gasteiger partial charge in [-0.15, -0.1) is 0 Å². The highest BCUT2D eigenvalue weighted by molar-refractivity contribution is 5.29. The molecule has 3 rings (SSSR count). The van der Waals surface area contributed by atoms with E-state index in [-0.39, 0.29) is 0 Å². The van der Waals surface area contributed by atoms with Crippen LogP contribution in [-0.2, 0) is 11.2 Å². The van der Waals surface area contributed by atoms with Crippen LogP contribution in [0.5, 0.6) is 0 Å². The summed E-state index contributed by atoms with van der Waals surface area (Å²) in [6.45, 7) is 8.56. The number of rotatable bonds is 2. The Morgan fingerprint density at radius 3 is 2.95 bits per heavy atom. The van der Waals surface area contributed by atoms with Crippen molar-refractivity contribution in [1.82, 2.24) is 5.32 Å². The smallest absolute Gasteiger partial charge is 0.109 e. The number of furan rings is 1. The fraction of sp³-hybridized carbons (Fsp3) is 0.765. The van der Waals surface area contributed by atoms with Crippen molar-refractivity contribution in [2.75, 3.05) is 13.2 Å². The Balaban J connectivity index is 1.77. The van der Waals surface area contributed by atoms with Gasteiger partial charge < -0.3 is 14.5 Å². The molecule has 2 atom stereocenters. The van der Waals surface area contributed by atoms with E-state index in [2.05, 4.69) is 32.2 Å². The lowest BCUT2D eigenvalue weighted by Crippen LogP contribution is -2.38. The molecule has 1 aliphatic heterocycles. The SMILES string of the molecule is Cc1cc2c(o1)CC(C)(C)CC2NC1CCCOCC1. The summed E-state index contributed by atoms with van der Waals surface area (Å²) in [5.74, 6) is 2.24. The summed E-state index contributed by atoms with van der Waals surface area (Å²) in [6.07, 6.45) is 5.77. The third kappa shape index (κ3) is 3.09. The number of hydrogen-bond donors (Lipinski definition) is 1. The zero-order valence-electron chi connectivity index (χ0n) is 13.0. The first-order chi connectivity index (χ1) is 9.53. The molecule has 2 unspecified atom stereocenters. The number of fused-ring (bicyclic) bond motifs is 1. The topological polar surface area (TPSA) is 34.4 Å². The number of aryl methyl sites for hydroxylation is 1. The van der Waals surface area contributed by atoms with E-state index >= 15 is 0 Å². The minimum Gasteiger partial charge on any atom is -0.466 e. The third-order valence-electron chi connectivity index (χ3n) is 4.62. The van der Waals surface area contributed by atoms with E-state index in [4.69, 9.17) is 9.15 Å². The zero-order chi connectivity index (χ0) is 14.2. The first-order valence-corrected chi connectivity index (χ1v) is 7.96. The first kappa shape index (κ1) is 14.2. The van der Waals surface area contributed by atoms with Crippen LogP contribution in [-0.4, -0.2) is 19.3 Å². The maximum atomic E-state index is 5.92. The minimum atomic E-state index is 0.316. The van der Waals surface area contributed by atoms with E-state index in [1.807, 2.05) is 0 Å². The van der Waals surface area contributed by atoms with Gasteiger partial charge in [-0.3, -0.25) is 0 Å². The molecule has 1 fully saturated rings. The van der Waals surface area contributed by atoms with Crippen molar-refractivity contribution in [3.63, 3.8) is 0 Å². The van der Waals surface area contributed by atoms with Gasteiger partial charge >= 0.3 is 0 Å². The fourth-order valence-corrected chi connectivity index (χ4v) is 3.69. The van der Waals surface area contributed by atoms with Gasteiger partial charge in [0, 0.05) is 37.3 Å². The standard InChI is InChI=1S/C17H27NO2/c1-12-9-14-15(10-17(2,3)11-16(14)20-12)18-13-5-4-7-19-8-6-13/h9,13,15,18H,4-8,10-11H2,1-3H3. The van der Waals surface area contributed by atoms with Crippen molar-refractivity contribution in [3.8, 4) is 0 Å². The van der Waals surface area contributed by atoms with Crippen LogP contribution in [0.15, 0.2) is 10.5 Å². The third-order valence-corrected chi connectivity index (χ3v) is 4.62. The van der Waals surface area contributed by atoms with E-state index in [0.29, 0.717) is 17.5 Å². The molecule has 1 aromatic heterocycles. The second-order valence-electron chi connectivity index (χ2n) is 7.24. The van der Waals surface area contributed by atoms with Crippen molar-refractivity contribution in [2.24, 2.45) is 5.41 Å². The normalized spacial score (nSPS) is 29.8. The molecule has 1 aromatic rings. The number of hydrogen-bond acceptors (Lipinski definition) is 3. The van der Waals surface area contributed by atoms with Gasteiger partial charge in [0.25, 0.3) is 0 Å². The average molecular weight is 277 g/mol. The minimum absolute atomic E-state index is 0.316. The molecule has 0 bridgehead atoms. The molecule has 1 N–H and O–H groups in total. The van der Waals surface area contributed by atoms with Crippen LogP contribution in [0.3, 0.4) is 0 Å². The molecule has 20 heavy (non-hydrogen) atoms. The molecule has 3 nitrogen and oxygen atoms in total. The van der Waals surface area contributed by atoms with Crippen LogP contribution in [0.25, 0.3) is 0 Å². The van der Waals surface area contributed by atoms with Gasteiger partial charge in [-0.2, -0.15) is 0 Å². The highest BCUT2D eigenvalue weighted by Crippen LogP contribution is 2.42. The Labute approximate surface area is 122 Å². The van der Waals surface area contributed by atoms with Gasteiger partial charge in [0.2, 0.25) is 0 Å². The Morgan fingerprint density at radius 1 is 1.25 bits per heavy atom. The molecule has 0 amide bonds. The van der Waals surface area contributed by atoms with Gasteiger partial charge in [0.05, 0.1) is 0 Å². The largest absolute Gasteiger partial charge is 0.466 e. The van der Waals surface area contributed by atoms with Crippen LogP contribution in [0, 0.1) is 12.3 Å². The second-order valence-corrected chi connectivity index (χ2v) is 7.24. The summed E-state index contributed by atoms with van der Waals surface area (Å²) in [7, 11) is 0. The van der Waals surface area contributed by atoms with Crippen LogP contribution in [0.4, 0.5) is 0 Å². The number of ether oxygens (including phenoxy) is 1. The molecule has 1 saturated heterocycles. The van der Waals surface area contributed by atoms with Gasteiger partial charge in [-0.25, -0.2) is 0 Å². The molecular formula is C17H27NO2. The van der Waals surface area contributed by atoms with E-state index in [9.17, 15) is 0 Å². The van der Waals surface area contributed by atoms with Crippen LogP contribution in [0.1, 0.15) is 62.7 Å². The zero-order valence-corrected chi connectivity index (χ0v) is 13.0. The monoisotopic (exact) mass is 277 g/mol. The van der Waals surface area contributed by atoms with Crippen LogP contribution < -0.4 is 5.32 Å². The Kier molecular flexibility index (Phi) is 3.91. The fourth-order valence-electron chi connectivity index (χ4n) is 3.69. The Hall–Kier alpha value is -0.800. The lowest BCUT2D eigenvalue weighted by atomic mass is 9.74. The van der Waals surface area contributed by atoms with Gasteiger partial charge in [0.15, 0.2) is 0 Å². The molecule has 2 aliphatic rings. The quantitative estimate of drug-likeness (QED) is 0.893. The summed E-state index contributed by atoms with van der Waals surface area (Å²) in [5, 5.41) is 3.88. The van der Waals surface area contributed by atoms with Crippen molar-refractivity contribution in [1.29, 1.82) is 0 Å². The summed E-state index contributed by atoms with van der Waals surface area (Å²) in [4.78, 5) is 0. The highest BCUT2D eigenvalue weighted by Gasteiger charge is 2.35. The van der Waals surface area contributed by atoms with E-state index in [1.165, 1.54) is 30.6 Å². The number of nitrogens with one attached hydrogen (secondary N) is 1. The molecular weight excluding hydrogens is 250 g/mol. The molecule has 3 heteroatoms. The van der Waals surface area contributed by atoms with E-state index < -0.39 is 0 Å². The van der Waals surface area contributed by atoms with Crippen molar-refractivity contribution < 1.29 is 9.15 Å². The van der Waals surface area contributed by atoms with Gasteiger partial charge in [0.1, 0.15) is 11.5 Å². The van der Waals surface area contributed by atoms with Gasteiger partial charge in [-0.1, -0.05) is 13.8 Å². The molecule has 0 aromatic carbocycles. The molecule has 2 heterocycles. The molecule has 0 saturated carbocycles. The van der Waals surface area contributed by atoms with Gasteiger partial charge in [-0.05, 0) is 44.1 Å². The Morgan fingerprint density at radius 2 is 2.10 bits per heavy atom. The molecule has 0 spiro atoms. The van der Waals surface area contributed by atoms with Crippen molar-refractivity contribution in [3.05, 3.63) is 23.2 Å². The molecule has 1 aliphatic carbocycles.